The van der Waals surface area contributed by atoms with Crippen LogP contribution in [0.25, 0.3) is 21.8 Å². The predicted molar refractivity (Wildman–Crippen MR) is 142 cm³/mol. The van der Waals surface area contributed by atoms with Crippen LogP contribution in [0, 0.1) is 5.82 Å². The van der Waals surface area contributed by atoms with Gasteiger partial charge in [-0.1, -0.05) is 13.0 Å². The zero-order valence-electron chi connectivity index (χ0n) is 20.7. The highest BCUT2D eigenvalue weighted by molar-refractivity contribution is 7.92. The van der Waals surface area contributed by atoms with E-state index in [0.29, 0.717) is 41.1 Å². The molecule has 1 amide bonds. The third-order valence-corrected chi connectivity index (χ3v) is 8.28. The number of carbonyl (C=O) groups is 1. The number of rotatable bonds is 11. The van der Waals surface area contributed by atoms with Crippen LogP contribution in [0.2, 0.25) is 0 Å². The van der Waals surface area contributed by atoms with Crippen molar-refractivity contribution in [2.24, 2.45) is 0 Å². The van der Waals surface area contributed by atoms with Crippen molar-refractivity contribution in [3.8, 4) is 21.8 Å². The molecule has 4 rings (SSSR count). The molecule has 0 bridgehead atoms. The monoisotopic (exact) mass is 548 g/mol. The number of thiazole rings is 1. The van der Waals surface area contributed by atoms with E-state index in [9.17, 15) is 13.2 Å². The van der Waals surface area contributed by atoms with E-state index < -0.39 is 21.9 Å². The summed E-state index contributed by atoms with van der Waals surface area (Å²) in [4.78, 5) is 25.7. The van der Waals surface area contributed by atoms with Crippen molar-refractivity contribution in [1.82, 2.24) is 20.3 Å². The first kappa shape index (κ1) is 26.7. The number of nitrogens with zero attached hydrogens (tertiary/aromatic N) is 3. The van der Waals surface area contributed by atoms with Gasteiger partial charge >= 0.3 is 6.09 Å². The first-order valence-electron chi connectivity index (χ1n) is 11.9. The van der Waals surface area contributed by atoms with Gasteiger partial charge in [0.25, 0.3) is 0 Å². The highest BCUT2D eigenvalue weighted by Crippen LogP contribution is 2.47. The smallest absolute Gasteiger partial charge is 0.407 e. The molecule has 1 aliphatic rings. The van der Waals surface area contributed by atoms with Crippen molar-refractivity contribution >= 4 is 39.1 Å². The van der Waals surface area contributed by atoms with Gasteiger partial charge in [-0.3, -0.25) is 4.72 Å². The molecular formula is C24H29FN6O4S2. The molecule has 1 saturated carbocycles. The number of sulfonamides is 1. The van der Waals surface area contributed by atoms with Crippen LogP contribution in [0.15, 0.2) is 30.5 Å². The maximum absolute atomic E-state index is 15.6. The molecule has 3 N–H and O–H groups in total. The largest absolute Gasteiger partial charge is 0.453 e. The number of alkyl carbamates (subject to hydrolysis) is 1. The molecule has 0 saturated heterocycles. The molecule has 198 valence electrons. The number of methoxy groups -OCH3 is 1. The molecule has 1 aliphatic carbocycles. The van der Waals surface area contributed by atoms with Gasteiger partial charge in [0, 0.05) is 30.3 Å². The Bertz CT molecular complexity index is 1380. The zero-order chi connectivity index (χ0) is 26.6. The molecule has 0 spiro atoms. The molecule has 1 atom stereocenters. The molecule has 2 heterocycles. The first-order valence-corrected chi connectivity index (χ1v) is 14.4. The third-order valence-electron chi connectivity index (χ3n) is 5.57. The number of nitrogens with one attached hydrogen (secondary N) is 3. The Hall–Kier alpha value is -3.32. The number of carbonyl (C=O) groups excluding carboxylic acids is 1. The fourth-order valence-electron chi connectivity index (χ4n) is 3.60. The van der Waals surface area contributed by atoms with Gasteiger partial charge in [-0.25, -0.2) is 32.6 Å². The van der Waals surface area contributed by atoms with Crippen LogP contribution in [-0.2, 0) is 14.8 Å². The average Bonchev–Trinajstić information content (AvgIpc) is 3.62. The van der Waals surface area contributed by atoms with Gasteiger partial charge in [0.1, 0.15) is 0 Å². The Balaban J connectivity index is 1.66. The highest BCUT2D eigenvalue weighted by atomic mass is 32.2. The predicted octanol–water partition coefficient (Wildman–Crippen LogP) is 4.59. The molecule has 2 aromatic heterocycles. The van der Waals surface area contributed by atoms with Crippen molar-refractivity contribution in [2.75, 3.05) is 29.4 Å². The van der Waals surface area contributed by atoms with Crippen molar-refractivity contribution in [3.05, 3.63) is 41.3 Å². The van der Waals surface area contributed by atoms with Gasteiger partial charge in [0.15, 0.2) is 5.82 Å². The second kappa shape index (κ2) is 11.4. The Labute approximate surface area is 219 Å². The Morgan fingerprint density at radius 2 is 2.05 bits per heavy atom. The maximum Gasteiger partial charge on any atom is 0.407 e. The summed E-state index contributed by atoms with van der Waals surface area (Å²) in [6.45, 7) is 3.91. The van der Waals surface area contributed by atoms with E-state index in [1.54, 1.807) is 31.3 Å². The number of benzene rings is 1. The van der Waals surface area contributed by atoms with Crippen LogP contribution in [-0.4, -0.2) is 54.9 Å². The summed E-state index contributed by atoms with van der Waals surface area (Å²) in [5, 5.41) is 6.64. The lowest BCUT2D eigenvalue weighted by Gasteiger charge is -2.14. The van der Waals surface area contributed by atoms with Crippen LogP contribution < -0.4 is 15.4 Å². The summed E-state index contributed by atoms with van der Waals surface area (Å²) in [7, 11) is -2.37. The van der Waals surface area contributed by atoms with Crippen LogP contribution in [0.4, 0.5) is 20.8 Å². The van der Waals surface area contributed by atoms with Crippen molar-refractivity contribution in [1.29, 1.82) is 0 Å². The summed E-state index contributed by atoms with van der Waals surface area (Å²) in [6.07, 6.45) is 3.52. The van der Waals surface area contributed by atoms with Gasteiger partial charge in [0.05, 0.1) is 39.8 Å². The summed E-state index contributed by atoms with van der Waals surface area (Å²) in [5.74, 6) is -0.123. The molecule has 0 aliphatic heterocycles. The van der Waals surface area contributed by atoms with E-state index in [-0.39, 0.29) is 23.0 Å². The van der Waals surface area contributed by atoms with E-state index in [1.807, 2.05) is 6.92 Å². The van der Waals surface area contributed by atoms with Gasteiger partial charge < -0.3 is 15.4 Å². The van der Waals surface area contributed by atoms with Gasteiger partial charge in [0.2, 0.25) is 16.0 Å². The van der Waals surface area contributed by atoms with Gasteiger partial charge in [-0.05, 0) is 44.4 Å². The quantitative estimate of drug-likeness (QED) is 0.317. The lowest BCUT2D eigenvalue weighted by molar-refractivity contribution is 0.168. The molecule has 0 radical (unpaired) electrons. The number of anilines is 2. The standard InChI is InChI=1S/C24H29FN6O4S2/c1-4-12-37(33,34)31-17-7-5-6-16(19(17)25)20-21(36-22(30-20)15-8-9-15)18-10-11-26-23(29-18)27-13-14(2)28-24(32)35-3/h5-7,10-11,14-15,31H,4,8-9,12-13H2,1-3H3,(H,28,32)(H,26,27,29). The molecule has 13 heteroatoms. The zero-order valence-corrected chi connectivity index (χ0v) is 22.4. The molecule has 1 unspecified atom stereocenters. The van der Waals surface area contributed by atoms with Gasteiger partial charge in [-0.2, -0.15) is 0 Å². The minimum Gasteiger partial charge on any atom is -0.453 e. The molecule has 37 heavy (non-hydrogen) atoms. The molecular weight excluding hydrogens is 519 g/mol. The van der Waals surface area contributed by atoms with Crippen LogP contribution in [0.3, 0.4) is 0 Å². The van der Waals surface area contributed by atoms with Gasteiger partial charge in [-0.15, -0.1) is 11.3 Å². The SMILES string of the molecule is CCCS(=O)(=O)Nc1cccc(-c2nc(C3CC3)sc2-c2ccnc(NCC(C)NC(=O)OC)n2)c1F. The Morgan fingerprint density at radius 3 is 2.76 bits per heavy atom. The number of halogens is 1. The normalized spacial score (nSPS) is 14.2. The van der Waals surface area contributed by atoms with E-state index in [4.69, 9.17) is 4.98 Å². The van der Waals surface area contributed by atoms with E-state index in [2.05, 4.69) is 30.1 Å². The molecule has 10 nitrogen and oxygen atoms in total. The Morgan fingerprint density at radius 1 is 1.27 bits per heavy atom. The van der Waals surface area contributed by atoms with E-state index in [1.165, 1.54) is 24.5 Å². The number of ether oxygens (including phenoxy) is 1. The fraction of sp³-hybridized carbons (Fsp3) is 0.417. The number of aromatic nitrogens is 3. The summed E-state index contributed by atoms with van der Waals surface area (Å²) in [5.41, 5.74) is 1.04. The highest BCUT2D eigenvalue weighted by Gasteiger charge is 2.30. The lowest BCUT2D eigenvalue weighted by atomic mass is 10.1. The van der Waals surface area contributed by atoms with Crippen molar-refractivity contribution < 1.29 is 22.3 Å². The second-order valence-corrected chi connectivity index (χ2v) is 11.6. The molecule has 1 fully saturated rings. The second-order valence-electron chi connectivity index (χ2n) is 8.78. The summed E-state index contributed by atoms with van der Waals surface area (Å²) < 4.78 is 47.1. The topological polar surface area (TPSA) is 135 Å². The van der Waals surface area contributed by atoms with Crippen molar-refractivity contribution in [2.45, 2.75) is 45.1 Å². The van der Waals surface area contributed by atoms with Crippen molar-refractivity contribution in [3.63, 3.8) is 0 Å². The minimum atomic E-state index is -3.67. The number of hydrogen-bond donors (Lipinski definition) is 3. The van der Waals surface area contributed by atoms with Crippen LogP contribution >= 0.6 is 11.3 Å². The summed E-state index contributed by atoms with van der Waals surface area (Å²) >= 11 is 1.45. The number of amides is 1. The lowest BCUT2D eigenvalue weighted by Crippen LogP contribution is -2.37. The molecule has 3 aromatic rings. The fourth-order valence-corrected chi connectivity index (χ4v) is 5.96. The van der Waals surface area contributed by atoms with Crippen LogP contribution in [0.1, 0.15) is 44.0 Å². The first-order chi connectivity index (χ1) is 17.7. The summed E-state index contributed by atoms with van der Waals surface area (Å²) in [6, 6.07) is 6.07. The molecule has 1 aromatic carbocycles. The third kappa shape index (κ3) is 6.72. The van der Waals surface area contributed by atoms with E-state index in [0.717, 1.165) is 17.8 Å². The maximum atomic E-state index is 15.6. The average molecular weight is 549 g/mol. The van der Waals surface area contributed by atoms with Crippen LogP contribution in [0.5, 0.6) is 0 Å². The Kier molecular flexibility index (Phi) is 8.22. The van der Waals surface area contributed by atoms with E-state index >= 15 is 4.39 Å². The number of hydrogen-bond acceptors (Lipinski definition) is 9. The minimum absolute atomic E-state index is 0.102.